The molecule has 4 aliphatic rings. The zero-order valence-corrected chi connectivity index (χ0v) is 37.5. The zero-order chi connectivity index (χ0) is 45.9. The number of imide groups is 1. The number of urea groups is 1. The molecule has 3 fully saturated rings. The lowest BCUT2D eigenvalue weighted by Gasteiger charge is -2.36. The molecule has 0 bridgehead atoms. The Bertz CT molecular complexity index is 2960. The van der Waals surface area contributed by atoms with Crippen LogP contribution in [-0.4, -0.2) is 105 Å². The fourth-order valence-corrected chi connectivity index (χ4v) is 10.1. The van der Waals surface area contributed by atoms with Crippen LogP contribution in [0.2, 0.25) is 0 Å². The van der Waals surface area contributed by atoms with Gasteiger partial charge in [-0.2, -0.15) is 5.10 Å². The van der Waals surface area contributed by atoms with Crippen LogP contribution >= 0.6 is 0 Å². The first kappa shape index (κ1) is 42.5. The number of rotatable bonds is 10. The number of hydrogen-bond acceptors (Lipinski definition) is 10. The van der Waals surface area contributed by atoms with Crippen LogP contribution in [0.5, 0.6) is 0 Å². The largest absolute Gasteiger partial charge is 0.369 e. The van der Waals surface area contributed by atoms with Crippen LogP contribution < -0.4 is 30.6 Å². The van der Waals surface area contributed by atoms with E-state index in [9.17, 15) is 24.0 Å². The van der Waals surface area contributed by atoms with E-state index in [4.69, 9.17) is 4.98 Å². The summed E-state index contributed by atoms with van der Waals surface area (Å²) in [6.45, 7) is 11.1. The summed E-state index contributed by atoms with van der Waals surface area (Å²) < 4.78 is 2.84. The molecular formula is C50H51N11O5. The fourth-order valence-electron chi connectivity index (χ4n) is 10.1. The Morgan fingerprint density at radius 1 is 0.773 bits per heavy atom. The molecular weight excluding hydrogens is 835 g/mol. The molecule has 4 aliphatic heterocycles. The van der Waals surface area contributed by atoms with E-state index in [1.165, 1.54) is 15.6 Å². The zero-order valence-electron chi connectivity index (χ0n) is 37.5. The highest BCUT2D eigenvalue weighted by atomic mass is 16.2. The molecule has 7 heterocycles. The average molecular weight is 886 g/mol. The van der Waals surface area contributed by atoms with Gasteiger partial charge in [0.15, 0.2) is 0 Å². The lowest BCUT2D eigenvalue weighted by atomic mass is 9.82. The van der Waals surface area contributed by atoms with Crippen LogP contribution in [0, 0.1) is 6.92 Å². The smallest absolute Gasteiger partial charge is 0.350 e. The van der Waals surface area contributed by atoms with E-state index in [1.54, 1.807) is 40.3 Å². The molecule has 10 rings (SSSR count). The van der Waals surface area contributed by atoms with Crippen molar-refractivity contribution in [1.29, 1.82) is 0 Å². The number of piperazine rings is 1. The summed E-state index contributed by atoms with van der Waals surface area (Å²) >= 11 is 0. The van der Waals surface area contributed by atoms with Crippen LogP contribution in [0.4, 0.5) is 27.7 Å². The highest BCUT2D eigenvalue weighted by Gasteiger charge is 2.50. The number of benzene rings is 3. The number of piperidine rings is 1. The van der Waals surface area contributed by atoms with E-state index in [2.05, 4.69) is 55.5 Å². The van der Waals surface area contributed by atoms with Crippen molar-refractivity contribution >= 4 is 46.6 Å². The van der Waals surface area contributed by atoms with E-state index in [-0.39, 0.29) is 30.0 Å². The molecule has 0 radical (unpaired) electrons. The van der Waals surface area contributed by atoms with E-state index in [0.717, 1.165) is 95.2 Å². The highest BCUT2D eigenvalue weighted by Crippen LogP contribution is 2.46. The predicted octanol–water partition coefficient (Wildman–Crippen LogP) is 5.24. The van der Waals surface area contributed by atoms with Crippen molar-refractivity contribution in [2.45, 2.75) is 51.5 Å². The third-order valence-corrected chi connectivity index (χ3v) is 13.7. The van der Waals surface area contributed by atoms with Gasteiger partial charge in [0, 0.05) is 83.1 Å². The quantitative estimate of drug-likeness (QED) is 0.180. The topological polar surface area (TPSA) is 162 Å². The Hall–Kier alpha value is -7.46. The van der Waals surface area contributed by atoms with Crippen molar-refractivity contribution < 1.29 is 19.2 Å². The lowest BCUT2D eigenvalue weighted by molar-refractivity contribution is -0.136. The molecule has 1 atom stereocenters. The molecule has 3 aromatic carbocycles. The molecule has 0 aliphatic carbocycles. The number of amides is 5. The molecule has 16 heteroatoms. The van der Waals surface area contributed by atoms with Crippen LogP contribution in [0.1, 0.15) is 43.4 Å². The first-order valence-corrected chi connectivity index (χ1v) is 22.5. The molecule has 5 amide bonds. The summed E-state index contributed by atoms with van der Waals surface area (Å²) in [4.78, 5) is 84.3. The number of pyridine rings is 2. The summed E-state index contributed by atoms with van der Waals surface area (Å²) in [5.74, 6) is -0.233. The summed E-state index contributed by atoms with van der Waals surface area (Å²) in [5, 5.41) is 6.61. The third kappa shape index (κ3) is 7.40. The van der Waals surface area contributed by atoms with Crippen LogP contribution in [0.15, 0.2) is 109 Å². The van der Waals surface area contributed by atoms with Crippen molar-refractivity contribution in [3.8, 4) is 27.9 Å². The molecule has 1 unspecified atom stereocenters. The van der Waals surface area contributed by atoms with Gasteiger partial charge in [-0.15, -0.1) is 0 Å². The number of nitrogens with one attached hydrogen (secondary N) is 1. The van der Waals surface area contributed by atoms with Crippen molar-refractivity contribution in [2.24, 2.45) is 7.05 Å². The van der Waals surface area contributed by atoms with Gasteiger partial charge in [0.05, 0.1) is 23.0 Å². The van der Waals surface area contributed by atoms with E-state index >= 15 is 0 Å². The maximum Gasteiger partial charge on any atom is 0.350 e. The van der Waals surface area contributed by atoms with Gasteiger partial charge in [0.2, 0.25) is 17.7 Å². The maximum absolute atomic E-state index is 13.9. The number of hydrogen-bond donors (Lipinski definition) is 1. The van der Waals surface area contributed by atoms with Gasteiger partial charge in [-0.1, -0.05) is 30.3 Å². The molecule has 336 valence electrons. The second kappa shape index (κ2) is 16.8. The predicted molar refractivity (Wildman–Crippen MR) is 252 cm³/mol. The van der Waals surface area contributed by atoms with E-state index < -0.39 is 17.4 Å². The molecule has 66 heavy (non-hydrogen) atoms. The fraction of sp³-hybridized carbons (Fsp3) is 0.320. The highest BCUT2D eigenvalue weighted by molar-refractivity contribution is 6.14. The van der Waals surface area contributed by atoms with Gasteiger partial charge < -0.3 is 4.90 Å². The molecule has 3 saturated heterocycles. The van der Waals surface area contributed by atoms with Gasteiger partial charge in [0.25, 0.3) is 0 Å². The van der Waals surface area contributed by atoms with Crippen LogP contribution in [-0.2, 0) is 33.3 Å². The standard InChI is InChI=1S/C50H51N11O5/c1-32-38(18-21-52-45(32)59-28-27-58(49(59)66)37-8-6-20-51-30-37)39-15-14-36(60-31-53-55(4)48(60)65)29-40(39)33-10-12-35(13-11-33)57-25-23-56(24-26-57)22-19-34-7-5-9-41-44(34)50(2,3)47(64)61(41)42-16-17-43(62)54-46(42)63/h5-15,18,20-21,29-31,42H,16-17,19,22-28H2,1-4H3,(H,54,62,63). The second-order valence-corrected chi connectivity index (χ2v) is 17.9. The molecule has 0 spiro atoms. The summed E-state index contributed by atoms with van der Waals surface area (Å²) in [5.41, 5.74) is 8.94. The van der Waals surface area contributed by atoms with Crippen molar-refractivity contribution in [1.82, 2.24) is 34.5 Å². The van der Waals surface area contributed by atoms with Crippen molar-refractivity contribution in [3.05, 3.63) is 131 Å². The molecule has 3 aromatic heterocycles. The van der Waals surface area contributed by atoms with Gasteiger partial charge in [0.1, 0.15) is 18.2 Å². The maximum atomic E-state index is 13.9. The number of carbonyl (C=O) groups is 4. The number of anilines is 4. The Labute approximate surface area is 382 Å². The van der Waals surface area contributed by atoms with Gasteiger partial charge in [-0.05, 0) is 121 Å². The molecule has 1 N–H and O–H groups in total. The Balaban J connectivity index is 0.864. The Kier molecular flexibility index (Phi) is 10.8. The van der Waals surface area contributed by atoms with E-state index in [0.29, 0.717) is 31.0 Å². The average Bonchev–Trinajstić information content (AvgIpc) is 3.95. The number of fused-ring (bicyclic) bond motifs is 1. The summed E-state index contributed by atoms with van der Waals surface area (Å²) in [7, 11) is 1.63. The molecule has 6 aromatic rings. The summed E-state index contributed by atoms with van der Waals surface area (Å²) in [6.07, 6.45) is 7.94. The van der Waals surface area contributed by atoms with E-state index in [1.807, 2.05) is 69.3 Å². The Morgan fingerprint density at radius 2 is 1.55 bits per heavy atom. The number of carbonyl (C=O) groups excluding carboxylic acids is 4. The SMILES string of the molecule is Cc1c(-c2ccc(-n3cnn(C)c3=O)cc2-c2ccc(N3CCN(CCc4cccc5c4C(C)(C)C(=O)N5C4CCC(=O)NC4=O)CC3)cc2)ccnc1N1CCN(c2cccnc2)C1=O. The van der Waals surface area contributed by atoms with Crippen LogP contribution in [0.25, 0.3) is 27.9 Å². The second-order valence-electron chi connectivity index (χ2n) is 17.9. The number of aromatic nitrogens is 5. The van der Waals surface area contributed by atoms with Crippen molar-refractivity contribution in [2.75, 3.05) is 65.4 Å². The lowest BCUT2D eigenvalue weighted by Crippen LogP contribution is -2.55. The Morgan fingerprint density at radius 3 is 2.27 bits per heavy atom. The van der Waals surface area contributed by atoms with Crippen molar-refractivity contribution in [3.63, 3.8) is 0 Å². The minimum Gasteiger partial charge on any atom is -0.369 e. The number of nitrogens with zero attached hydrogens (tertiary/aromatic N) is 10. The van der Waals surface area contributed by atoms with Gasteiger partial charge in [-0.3, -0.25) is 44.3 Å². The van der Waals surface area contributed by atoms with Gasteiger partial charge >= 0.3 is 11.7 Å². The molecule has 0 saturated carbocycles. The first-order chi connectivity index (χ1) is 31.9. The molecule has 16 nitrogen and oxygen atoms in total. The normalized spacial score (nSPS) is 18.6. The minimum atomic E-state index is -0.797. The van der Waals surface area contributed by atoms with Crippen LogP contribution in [0.3, 0.4) is 0 Å². The van der Waals surface area contributed by atoms with Gasteiger partial charge in [-0.25, -0.2) is 23.8 Å². The third-order valence-electron chi connectivity index (χ3n) is 13.7. The monoisotopic (exact) mass is 885 g/mol. The minimum absolute atomic E-state index is 0.113. The number of aryl methyl sites for hydroxylation is 1. The summed E-state index contributed by atoms with van der Waals surface area (Å²) in [6, 6.07) is 25.3. The first-order valence-electron chi connectivity index (χ1n) is 22.5.